The van der Waals surface area contributed by atoms with Crippen molar-refractivity contribution in [3.63, 3.8) is 0 Å². The number of nitrogens with zero attached hydrogens (tertiary/aromatic N) is 1. The van der Waals surface area contributed by atoms with Crippen LogP contribution in [-0.4, -0.2) is 36.7 Å². The number of hydrogen-bond donors (Lipinski definition) is 2. The van der Waals surface area contributed by atoms with Gasteiger partial charge in [0.15, 0.2) is 5.96 Å². The summed E-state index contributed by atoms with van der Waals surface area (Å²) in [4.78, 5) is 4.49. The molecule has 0 saturated carbocycles. The first-order valence-electron chi connectivity index (χ1n) is 6.49. The number of aliphatic imine (C=N–C) groups is 1. The second-order valence-electron chi connectivity index (χ2n) is 4.69. The third kappa shape index (κ3) is 4.14. The molecule has 0 aromatic heterocycles. The van der Waals surface area contributed by atoms with E-state index in [4.69, 9.17) is 10.5 Å². The van der Waals surface area contributed by atoms with Crippen molar-refractivity contribution in [2.24, 2.45) is 10.7 Å². The van der Waals surface area contributed by atoms with Crippen LogP contribution in [0, 0.1) is 0 Å². The number of nitrogens with two attached hydrogens (primary N) is 1. The van der Waals surface area contributed by atoms with Crippen LogP contribution in [0.3, 0.4) is 0 Å². The minimum atomic E-state index is 0.182. The van der Waals surface area contributed by atoms with E-state index in [-0.39, 0.29) is 4.75 Å². The maximum absolute atomic E-state index is 5.93. The van der Waals surface area contributed by atoms with E-state index in [9.17, 15) is 0 Å². The summed E-state index contributed by atoms with van der Waals surface area (Å²) in [5, 5.41) is 3.11. The third-order valence-electron chi connectivity index (χ3n) is 3.42. The average Bonchev–Trinajstić information content (AvgIpc) is 2.47. The van der Waals surface area contributed by atoms with Gasteiger partial charge >= 0.3 is 0 Å². The second kappa shape index (κ2) is 6.82. The lowest BCUT2D eigenvalue weighted by molar-refractivity contribution is 0.0794. The Hall–Kier alpha value is -1.20. The van der Waals surface area contributed by atoms with Gasteiger partial charge in [0.2, 0.25) is 0 Å². The fourth-order valence-corrected chi connectivity index (χ4v) is 2.88. The third-order valence-corrected chi connectivity index (χ3v) is 4.82. The lowest BCUT2D eigenvalue weighted by atomic mass is 9.99. The normalized spacial score (nSPS) is 19.1. The molecule has 1 fully saturated rings. The predicted molar refractivity (Wildman–Crippen MR) is 82.9 cm³/mol. The van der Waals surface area contributed by atoms with E-state index in [1.165, 1.54) is 0 Å². The first kappa shape index (κ1) is 14.2. The molecule has 0 bridgehead atoms. The molecule has 1 aromatic carbocycles. The van der Waals surface area contributed by atoms with Crippen molar-refractivity contribution in [1.82, 2.24) is 0 Å². The molecule has 19 heavy (non-hydrogen) atoms. The van der Waals surface area contributed by atoms with E-state index in [2.05, 4.69) is 16.6 Å². The number of para-hydroxylation sites is 1. The number of benzene rings is 1. The zero-order chi connectivity index (χ0) is 13.6. The van der Waals surface area contributed by atoms with Crippen molar-refractivity contribution in [2.45, 2.75) is 17.6 Å². The van der Waals surface area contributed by atoms with Gasteiger partial charge in [-0.15, -0.1) is 0 Å². The molecule has 4 nitrogen and oxygen atoms in total. The molecule has 1 saturated heterocycles. The van der Waals surface area contributed by atoms with Gasteiger partial charge in [0.05, 0.1) is 6.54 Å². The van der Waals surface area contributed by atoms with Crippen LogP contribution in [0.1, 0.15) is 12.8 Å². The molecule has 0 aliphatic carbocycles. The van der Waals surface area contributed by atoms with E-state index < -0.39 is 0 Å². The molecule has 3 N–H and O–H groups in total. The molecule has 0 radical (unpaired) electrons. The van der Waals surface area contributed by atoms with Crippen LogP contribution in [0.5, 0.6) is 0 Å². The number of nitrogens with one attached hydrogen (secondary N) is 1. The molecule has 0 atom stereocenters. The van der Waals surface area contributed by atoms with Gasteiger partial charge in [0.25, 0.3) is 0 Å². The Labute approximate surface area is 118 Å². The Balaban J connectivity index is 1.93. The van der Waals surface area contributed by atoms with Gasteiger partial charge in [-0.05, 0) is 31.2 Å². The summed E-state index contributed by atoms with van der Waals surface area (Å²) in [7, 11) is 0. The summed E-state index contributed by atoms with van der Waals surface area (Å²) in [5.41, 5.74) is 6.90. The quantitative estimate of drug-likeness (QED) is 0.656. The summed E-state index contributed by atoms with van der Waals surface area (Å²) in [6, 6.07) is 9.86. The van der Waals surface area contributed by atoms with Gasteiger partial charge in [0, 0.05) is 23.6 Å². The number of guanidine groups is 1. The van der Waals surface area contributed by atoms with Crippen LogP contribution in [0.2, 0.25) is 0 Å². The molecule has 1 aliphatic heterocycles. The minimum absolute atomic E-state index is 0.182. The summed E-state index contributed by atoms with van der Waals surface area (Å²) in [6.45, 7) is 2.38. The van der Waals surface area contributed by atoms with Crippen LogP contribution < -0.4 is 11.1 Å². The predicted octanol–water partition coefficient (Wildman–Crippen LogP) is 2.33. The zero-order valence-electron chi connectivity index (χ0n) is 11.3. The molecule has 0 unspecified atom stereocenters. The standard InChI is InChI=1S/C14H21N3OS/c1-19-14(7-9-18-10-8-14)11-16-13(15)17-12-5-3-2-4-6-12/h2-6H,7-11H2,1H3,(H3,15,16,17). The molecule has 0 spiro atoms. The Morgan fingerprint density at radius 1 is 1.37 bits per heavy atom. The van der Waals surface area contributed by atoms with Gasteiger partial charge < -0.3 is 15.8 Å². The molecule has 1 aliphatic rings. The minimum Gasteiger partial charge on any atom is -0.381 e. The van der Waals surface area contributed by atoms with E-state index in [0.717, 1.165) is 38.3 Å². The number of rotatable bonds is 4. The second-order valence-corrected chi connectivity index (χ2v) is 5.97. The van der Waals surface area contributed by atoms with Crippen LogP contribution in [0.25, 0.3) is 0 Å². The molecule has 1 heterocycles. The lowest BCUT2D eigenvalue weighted by Gasteiger charge is -2.34. The number of ether oxygens (including phenoxy) is 1. The molecule has 2 rings (SSSR count). The van der Waals surface area contributed by atoms with Gasteiger partial charge in [-0.1, -0.05) is 18.2 Å². The summed E-state index contributed by atoms with van der Waals surface area (Å²) >= 11 is 1.87. The molecular weight excluding hydrogens is 258 g/mol. The maximum Gasteiger partial charge on any atom is 0.193 e. The molecule has 5 heteroatoms. The Kier molecular flexibility index (Phi) is 5.10. The van der Waals surface area contributed by atoms with Crippen LogP contribution in [0.15, 0.2) is 35.3 Å². The van der Waals surface area contributed by atoms with Crippen LogP contribution in [0.4, 0.5) is 5.69 Å². The summed E-state index contributed by atoms with van der Waals surface area (Å²) < 4.78 is 5.60. The maximum atomic E-state index is 5.93. The summed E-state index contributed by atoms with van der Waals surface area (Å²) in [6.07, 6.45) is 4.22. The molecular formula is C14H21N3OS. The lowest BCUT2D eigenvalue weighted by Crippen LogP contribution is -2.37. The Bertz CT molecular complexity index is 416. The monoisotopic (exact) mass is 279 g/mol. The largest absolute Gasteiger partial charge is 0.381 e. The molecule has 0 amide bonds. The van der Waals surface area contributed by atoms with Gasteiger partial charge in [0.1, 0.15) is 0 Å². The fourth-order valence-electron chi connectivity index (χ4n) is 2.11. The highest BCUT2D eigenvalue weighted by Gasteiger charge is 2.31. The van der Waals surface area contributed by atoms with Gasteiger partial charge in [-0.25, -0.2) is 0 Å². The number of thioether (sulfide) groups is 1. The Morgan fingerprint density at radius 3 is 2.68 bits per heavy atom. The number of anilines is 1. The number of hydrogen-bond acceptors (Lipinski definition) is 3. The topological polar surface area (TPSA) is 59.6 Å². The van der Waals surface area contributed by atoms with Crippen molar-refractivity contribution in [3.05, 3.63) is 30.3 Å². The fraction of sp³-hybridized carbons (Fsp3) is 0.500. The average molecular weight is 279 g/mol. The van der Waals surface area contributed by atoms with Gasteiger partial charge in [-0.3, -0.25) is 4.99 Å². The van der Waals surface area contributed by atoms with Crippen molar-refractivity contribution in [2.75, 3.05) is 31.3 Å². The highest BCUT2D eigenvalue weighted by Crippen LogP contribution is 2.33. The Morgan fingerprint density at radius 2 is 2.05 bits per heavy atom. The summed E-state index contributed by atoms with van der Waals surface area (Å²) in [5.74, 6) is 0.478. The zero-order valence-corrected chi connectivity index (χ0v) is 12.1. The van der Waals surface area contributed by atoms with Crippen molar-refractivity contribution < 1.29 is 4.74 Å². The van der Waals surface area contributed by atoms with Crippen LogP contribution >= 0.6 is 11.8 Å². The van der Waals surface area contributed by atoms with E-state index in [1.54, 1.807) is 0 Å². The van der Waals surface area contributed by atoms with Crippen molar-refractivity contribution in [3.8, 4) is 0 Å². The molecule has 1 aromatic rings. The first-order valence-corrected chi connectivity index (χ1v) is 7.71. The van der Waals surface area contributed by atoms with E-state index >= 15 is 0 Å². The van der Waals surface area contributed by atoms with Crippen LogP contribution in [-0.2, 0) is 4.74 Å². The van der Waals surface area contributed by atoms with Crippen molar-refractivity contribution in [1.29, 1.82) is 0 Å². The molecule has 104 valence electrons. The highest BCUT2D eigenvalue weighted by atomic mass is 32.2. The SMILES string of the molecule is CSC1(CN=C(N)Nc2ccccc2)CCOCC1. The van der Waals surface area contributed by atoms with E-state index in [1.807, 2.05) is 42.1 Å². The first-order chi connectivity index (χ1) is 9.24. The smallest absolute Gasteiger partial charge is 0.193 e. The van der Waals surface area contributed by atoms with Crippen molar-refractivity contribution >= 4 is 23.4 Å². The highest BCUT2D eigenvalue weighted by molar-refractivity contribution is 8.00. The van der Waals surface area contributed by atoms with Gasteiger partial charge in [-0.2, -0.15) is 11.8 Å². The van der Waals surface area contributed by atoms with E-state index in [0.29, 0.717) is 5.96 Å².